The summed E-state index contributed by atoms with van der Waals surface area (Å²) in [5.41, 5.74) is 1.02. The smallest absolute Gasteiger partial charge is 0.123 e. The maximum absolute atomic E-state index is 9.58. The van der Waals surface area contributed by atoms with Crippen molar-refractivity contribution in [3.8, 4) is 10.6 Å². The van der Waals surface area contributed by atoms with E-state index in [-0.39, 0.29) is 12.1 Å². The van der Waals surface area contributed by atoms with Gasteiger partial charge in [-0.3, -0.25) is 0 Å². The monoisotopic (exact) mass is 288 g/mol. The molecule has 0 amide bonds. The van der Waals surface area contributed by atoms with Gasteiger partial charge in [-0.05, 0) is 25.7 Å². The molecule has 1 fully saturated rings. The van der Waals surface area contributed by atoms with Gasteiger partial charge >= 0.3 is 0 Å². The van der Waals surface area contributed by atoms with Crippen LogP contribution in [0.5, 0.6) is 0 Å². The predicted molar refractivity (Wildman–Crippen MR) is 82.6 cm³/mol. The first-order valence-electron chi connectivity index (χ1n) is 7.07. The molecular weight excluding hydrogens is 268 g/mol. The van der Waals surface area contributed by atoms with Crippen LogP contribution in [0, 0.1) is 5.92 Å². The highest BCUT2D eigenvalue weighted by Gasteiger charge is 2.40. The fraction of sp³-hybridized carbons (Fsp3) is 0.438. The normalized spacial score (nSPS) is 17.9. The van der Waals surface area contributed by atoms with Gasteiger partial charge in [0, 0.05) is 28.7 Å². The first-order chi connectivity index (χ1) is 9.71. The zero-order valence-electron chi connectivity index (χ0n) is 11.7. The third-order valence-corrected chi connectivity index (χ3v) is 5.09. The van der Waals surface area contributed by atoms with E-state index in [9.17, 15) is 5.11 Å². The lowest BCUT2D eigenvalue weighted by Gasteiger charge is -2.28. The first kappa shape index (κ1) is 13.7. The van der Waals surface area contributed by atoms with Gasteiger partial charge < -0.3 is 10.4 Å². The summed E-state index contributed by atoms with van der Waals surface area (Å²) in [6.07, 6.45) is 4.38. The van der Waals surface area contributed by atoms with Crippen molar-refractivity contribution < 1.29 is 5.11 Å². The summed E-state index contributed by atoms with van der Waals surface area (Å²) in [4.78, 5) is 5.70. The number of thiazole rings is 1. The van der Waals surface area contributed by atoms with Gasteiger partial charge in [-0.1, -0.05) is 30.3 Å². The quantitative estimate of drug-likeness (QED) is 0.858. The fourth-order valence-corrected chi connectivity index (χ4v) is 3.30. The van der Waals surface area contributed by atoms with Crippen molar-refractivity contribution in [3.63, 3.8) is 0 Å². The number of hydrogen-bond acceptors (Lipinski definition) is 4. The summed E-state index contributed by atoms with van der Waals surface area (Å²) in [7, 11) is 0. The standard InChI is InChI=1S/C16H20N2OS/c1-16(11-19,13-7-8-13)18-10-14-9-17-15(20-14)12-5-3-2-4-6-12/h2-6,9,13,18-19H,7-8,10-11H2,1H3. The maximum atomic E-state index is 9.58. The van der Waals surface area contributed by atoms with Crippen LogP contribution in [0.2, 0.25) is 0 Å². The van der Waals surface area contributed by atoms with Crippen LogP contribution < -0.4 is 5.32 Å². The summed E-state index contributed by atoms with van der Waals surface area (Å²) in [6, 6.07) is 10.2. The molecule has 2 N–H and O–H groups in total. The summed E-state index contributed by atoms with van der Waals surface area (Å²) in [6.45, 7) is 3.09. The number of aromatic nitrogens is 1. The number of rotatable bonds is 6. The lowest BCUT2D eigenvalue weighted by molar-refractivity contribution is 0.154. The predicted octanol–water partition coefficient (Wildman–Crippen LogP) is 3.06. The third-order valence-electron chi connectivity index (χ3n) is 4.05. The Hall–Kier alpha value is -1.23. The van der Waals surface area contributed by atoms with Gasteiger partial charge in [-0.2, -0.15) is 0 Å². The van der Waals surface area contributed by atoms with Crippen molar-refractivity contribution in [1.29, 1.82) is 0 Å². The van der Waals surface area contributed by atoms with Crippen LogP contribution in [0.15, 0.2) is 36.5 Å². The molecule has 0 spiro atoms. The Labute approximate surface area is 123 Å². The molecule has 0 radical (unpaired) electrons. The second-order valence-electron chi connectivity index (χ2n) is 5.70. The lowest BCUT2D eigenvalue weighted by Crippen LogP contribution is -2.47. The second-order valence-corrected chi connectivity index (χ2v) is 6.82. The van der Waals surface area contributed by atoms with E-state index in [2.05, 4.69) is 29.4 Å². The fourth-order valence-electron chi connectivity index (χ4n) is 2.44. The summed E-state index contributed by atoms with van der Waals surface area (Å²) < 4.78 is 0. The van der Waals surface area contributed by atoms with Crippen LogP contribution >= 0.6 is 11.3 Å². The Balaban J connectivity index is 1.66. The van der Waals surface area contributed by atoms with E-state index in [1.807, 2.05) is 24.4 Å². The third kappa shape index (κ3) is 2.92. The highest BCUT2D eigenvalue weighted by atomic mass is 32.1. The lowest BCUT2D eigenvalue weighted by atomic mass is 9.97. The van der Waals surface area contributed by atoms with Gasteiger partial charge in [-0.15, -0.1) is 11.3 Å². The van der Waals surface area contributed by atoms with E-state index in [1.54, 1.807) is 11.3 Å². The molecule has 4 heteroatoms. The van der Waals surface area contributed by atoms with Crippen LogP contribution in [0.25, 0.3) is 10.6 Å². The molecule has 1 aliphatic rings. The molecule has 1 aromatic heterocycles. The van der Waals surface area contributed by atoms with Crippen LogP contribution in [-0.4, -0.2) is 22.2 Å². The van der Waals surface area contributed by atoms with E-state index in [0.717, 1.165) is 17.1 Å². The molecule has 106 valence electrons. The minimum Gasteiger partial charge on any atom is -0.394 e. The van der Waals surface area contributed by atoms with Crippen LogP contribution in [0.3, 0.4) is 0 Å². The van der Waals surface area contributed by atoms with Gasteiger partial charge in [0.1, 0.15) is 5.01 Å². The summed E-state index contributed by atoms with van der Waals surface area (Å²) in [5, 5.41) is 14.1. The molecule has 1 aromatic carbocycles. The van der Waals surface area contributed by atoms with Crippen LogP contribution in [0.4, 0.5) is 0 Å². The number of nitrogens with zero attached hydrogens (tertiary/aromatic N) is 1. The maximum Gasteiger partial charge on any atom is 0.123 e. The van der Waals surface area contributed by atoms with E-state index in [4.69, 9.17) is 0 Å². The van der Waals surface area contributed by atoms with Crippen molar-refractivity contribution in [3.05, 3.63) is 41.4 Å². The second kappa shape index (κ2) is 5.64. The van der Waals surface area contributed by atoms with Crippen molar-refractivity contribution in [2.24, 2.45) is 5.92 Å². The average molecular weight is 288 g/mol. The minimum absolute atomic E-state index is 0.142. The Morgan fingerprint density at radius 2 is 2.10 bits per heavy atom. The highest BCUT2D eigenvalue weighted by molar-refractivity contribution is 7.15. The number of aliphatic hydroxyl groups is 1. The van der Waals surface area contributed by atoms with Gasteiger partial charge in [0.2, 0.25) is 0 Å². The minimum atomic E-state index is -0.142. The van der Waals surface area contributed by atoms with Crippen LogP contribution in [-0.2, 0) is 6.54 Å². The molecule has 2 aromatic rings. The molecule has 1 heterocycles. The molecule has 1 aliphatic carbocycles. The Bertz CT molecular complexity index is 565. The first-order valence-corrected chi connectivity index (χ1v) is 7.89. The van der Waals surface area contributed by atoms with Gasteiger partial charge in [0.05, 0.1) is 6.61 Å². The zero-order valence-corrected chi connectivity index (χ0v) is 12.5. The van der Waals surface area contributed by atoms with Gasteiger partial charge in [-0.25, -0.2) is 4.98 Å². The van der Waals surface area contributed by atoms with E-state index >= 15 is 0 Å². The largest absolute Gasteiger partial charge is 0.394 e. The molecule has 1 saturated carbocycles. The molecule has 3 rings (SSSR count). The average Bonchev–Trinajstić information content (AvgIpc) is 3.25. The summed E-state index contributed by atoms with van der Waals surface area (Å²) >= 11 is 1.71. The number of benzene rings is 1. The van der Waals surface area contributed by atoms with Crippen LogP contribution in [0.1, 0.15) is 24.6 Å². The Kier molecular flexibility index (Phi) is 3.87. The van der Waals surface area contributed by atoms with Gasteiger partial charge in [0.15, 0.2) is 0 Å². The van der Waals surface area contributed by atoms with E-state index in [0.29, 0.717) is 5.92 Å². The number of aliphatic hydroxyl groups excluding tert-OH is 1. The molecular formula is C16H20N2OS. The molecule has 0 aliphatic heterocycles. The van der Waals surface area contributed by atoms with Gasteiger partial charge in [0.25, 0.3) is 0 Å². The topological polar surface area (TPSA) is 45.1 Å². The van der Waals surface area contributed by atoms with Crippen molar-refractivity contribution in [2.75, 3.05) is 6.61 Å². The molecule has 0 bridgehead atoms. The van der Waals surface area contributed by atoms with Crippen molar-refractivity contribution in [1.82, 2.24) is 10.3 Å². The van der Waals surface area contributed by atoms with E-state index < -0.39 is 0 Å². The van der Waals surface area contributed by atoms with Crippen molar-refractivity contribution in [2.45, 2.75) is 31.8 Å². The highest BCUT2D eigenvalue weighted by Crippen LogP contribution is 2.39. The molecule has 20 heavy (non-hydrogen) atoms. The SMILES string of the molecule is CC(CO)(NCc1cnc(-c2ccccc2)s1)C1CC1. The number of hydrogen-bond donors (Lipinski definition) is 2. The molecule has 3 nitrogen and oxygen atoms in total. The zero-order chi connectivity index (χ0) is 14.0. The molecule has 1 atom stereocenters. The van der Waals surface area contributed by atoms with E-state index in [1.165, 1.54) is 17.7 Å². The summed E-state index contributed by atoms with van der Waals surface area (Å²) in [5.74, 6) is 0.619. The molecule has 1 unspecified atom stereocenters. The van der Waals surface area contributed by atoms with Crippen molar-refractivity contribution >= 4 is 11.3 Å². The Morgan fingerprint density at radius 3 is 2.75 bits per heavy atom. The Morgan fingerprint density at radius 1 is 1.35 bits per heavy atom. The number of nitrogens with one attached hydrogen (secondary N) is 1. The molecule has 0 saturated heterocycles.